The van der Waals surface area contributed by atoms with Gasteiger partial charge in [-0.3, -0.25) is 4.68 Å². The molecule has 92 valence electrons. The van der Waals surface area contributed by atoms with Crippen molar-refractivity contribution in [1.29, 1.82) is 0 Å². The Morgan fingerprint density at radius 1 is 1.22 bits per heavy atom. The second-order valence-electron chi connectivity index (χ2n) is 4.61. The van der Waals surface area contributed by atoms with Gasteiger partial charge in [0.15, 0.2) is 0 Å². The normalized spacial score (nSPS) is 11.2. The summed E-state index contributed by atoms with van der Waals surface area (Å²) in [5.74, 6) is 0. The second kappa shape index (κ2) is 4.22. The van der Waals surface area contributed by atoms with Crippen molar-refractivity contribution < 1.29 is 0 Å². The molecule has 2 N–H and O–H groups in total. The van der Waals surface area contributed by atoms with Crippen LogP contribution in [0.4, 0.5) is 5.69 Å². The van der Waals surface area contributed by atoms with Crippen molar-refractivity contribution in [1.82, 2.24) is 14.3 Å². The highest BCUT2D eigenvalue weighted by Gasteiger charge is 2.01. The topological polar surface area (TPSA) is 48.8 Å². The van der Waals surface area contributed by atoms with Crippen molar-refractivity contribution in [2.75, 3.05) is 5.73 Å². The number of nitrogen functional groups attached to an aromatic ring is 1. The molecule has 0 aliphatic heterocycles. The zero-order chi connectivity index (χ0) is 12.5. The van der Waals surface area contributed by atoms with E-state index in [1.54, 1.807) is 0 Å². The van der Waals surface area contributed by atoms with Gasteiger partial charge in [0.2, 0.25) is 0 Å². The van der Waals surface area contributed by atoms with Crippen molar-refractivity contribution in [2.24, 2.45) is 0 Å². The number of benzene rings is 1. The third-order valence-corrected chi connectivity index (χ3v) is 3.13. The van der Waals surface area contributed by atoms with Gasteiger partial charge in [-0.2, -0.15) is 5.10 Å². The predicted molar refractivity (Wildman–Crippen MR) is 73.3 cm³/mol. The van der Waals surface area contributed by atoms with E-state index in [1.807, 2.05) is 23.0 Å². The summed E-state index contributed by atoms with van der Waals surface area (Å²) < 4.78 is 4.20. The molecule has 0 amide bonds. The maximum atomic E-state index is 5.78. The molecule has 0 aliphatic carbocycles. The fraction of sp³-hybridized carbons (Fsp3) is 0.214. The van der Waals surface area contributed by atoms with E-state index in [2.05, 4.69) is 41.1 Å². The Hall–Kier alpha value is -2.23. The Bertz CT molecular complexity index is 678. The SMILES string of the molecule is Cc1cnn(CCn2ccc3cc(N)ccc32)c1. The van der Waals surface area contributed by atoms with Crippen molar-refractivity contribution in [3.05, 3.63) is 48.4 Å². The van der Waals surface area contributed by atoms with E-state index in [4.69, 9.17) is 5.73 Å². The van der Waals surface area contributed by atoms with Crippen LogP contribution in [0.5, 0.6) is 0 Å². The van der Waals surface area contributed by atoms with Gasteiger partial charge in [0.25, 0.3) is 0 Å². The zero-order valence-electron chi connectivity index (χ0n) is 10.4. The molecule has 0 saturated carbocycles. The molecule has 4 nitrogen and oxygen atoms in total. The third-order valence-electron chi connectivity index (χ3n) is 3.13. The van der Waals surface area contributed by atoms with Crippen LogP contribution in [0, 0.1) is 6.92 Å². The minimum atomic E-state index is 0.808. The number of hydrogen-bond acceptors (Lipinski definition) is 2. The molecule has 0 atom stereocenters. The molecule has 2 heterocycles. The molecule has 4 heteroatoms. The summed E-state index contributed by atoms with van der Waals surface area (Å²) >= 11 is 0. The quantitative estimate of drug-likeness (QED) is 0.715. The van der Waals surface area contributed by atoms with Crippen LogP contribution in [0.1, 0.15) is 5.56 Å². The molecule has 0 spiro atoms. The average molecular weight is 240 g/mol. The molecule has 3 rings (SSSR count). The summed E-state index contributed by atoms with van der Waals surface area (Å²) in [7, 11) is 0. The van der Waals surface area contributed by atoms with Crippen LogP contribution in [0.15, 0.2) is 42.9 Å². The zero-order valence-corrected chi connectivity index (χ0v) is 10.4. The predicted octanol–water partition coefficient (Wildman–Crippen LogP) is 2.43. The van der Waals surface area contributed by atoms with Crippen LogP contribution in [0.25, 0.3) is 10.9 Å². The van der Waals surface area contributed by atoms with Gasteiger partial charge in [0, 0.05) is 35.5 Å². The van der Waals surface area contributed by atoms with Crippen LogP contribution < -0.4 is 5.73 Å². The Labute approximate surface area is 106 Å². The van der Waals surface area contributed by atoms with Crippen LogP contribution in [-0.2, 0) is 13.1 Å². The van der Waals surface area contributed by atoms with Gasteiger partial charge < -0.3 is 10.3 Å². The number of hydrogen-bond donors (Lipinski definition) is 1. The molecule has 18 heavy (non-hydrogen) atoms. The Kier molecular flexibility index (Phi) is 2.55. The smallest absolute Gasteiger partial charge is 0.0588 e. The summed E-state index contributed by atoms with van der Waals surface area (Å²) in [5, 5.41) is 5.48. The summed E-state index contributed by atoms with van der Waals surface area (Å²) in [5.41, 5.74) is 9.00. The number of nitrogens with two attached hydrogens (primary N) is 1. The van der Waals surface area contributed by atoms with E-state index in [1.165, 1.54) is 16.5 Å². The summed E-state index contributed by atoms with van der Waals surface area (Å²) in [4.78, 5) is 0. The largest absolute Gasteiger partial charge is 0.399 e. The van der Waals surface area contributed by atoms with Crippen molar-refractivity contribution in [3.8, 4) is 0 Å². The van der Waals surface area contributed by atoms with Crippen molar-refractivity contribution >= 4 is 16.6 Å². The van der Waals surface area contributed by atoms with E-state index in [0.717, 1.165) is 18.8 Å². The summed E-state index contributed by atoms with van der Waals surface area (Å²) in [6, 6.07) is 8.11. The fourth-order valence-electron chi connectivity index (χ4n) is 2.21. The first-order valence-electron chi connectivity index (χ1n) is 6.06. The van der Waals surface area contributed by atoms with Crippen LogP contribution >= 0.6 is 0 Å². The molecule has 1 aromatic carbocycles. The van der Waals surface area contributed by atoms with Crippen molar-refractivity contribution in [3.63, 3.8) is 0 Å². The lowest BCUT2D eigenvalue weighted by atomic mass is 10.2. The standard InChI is InChI=1S/C14H16N4/c1-11-9-16-18(10-11)7-6-17-5-4-12-8-13(15)2-3-14(12)17/h2-5,8-10H,6-7,15H2,1H3. The van der Waals surface area contributed by atoms with Gasteiger partial charge in [0.1, 0.15) is 0 Å². The lowest BCUT2D eigenvalue weighted by Crippen LogP contribution is -2.06. The molecular formula is C14H16N4. The minimum absolute atomic E-state index is 0.808. The highest BCUT2D eigenvalue weighted by molar-refractivity contribution is 5.83. The fourth-order valence-corrected chi connectivity index (χ4v) is 2.21. The second-order valence-corrected chi connectivity index (χ2v) is 4.61. The summed E-state index contributed by atoms with van der Waals surface area (Å²) in [6.07, 6.45) is 6.04. The van der Waals surface area contributed by atoms with Crippen LogP contribution in [0.3, 0.4) is 0 Å². The molecule has 0 radical (unpaired) electrons. The molecule has 0 fully saturated rings. The average Bonchev–Trinajstić information content (AvgIpc) is 2.92. The third kappa shape index (κ3) is 1.97. The first-order chi connectivity index (χ1) is 8.72. The molecule has 0 unspecified atom stereocenters. The molecular weight excluding hydrogens is 224 g/mol. The highest BCUT2D eigenvalue weighted by atomic mass is 15.3. The summed E-state index contributed by atoms with van der Waals surface area (Å²) in [6.45, 7) is 3.84. The number of aromatic nitrogens is 3. The molecule has 2 aromatic heterocycles. The van der Waals surface area contributed by atoms with E-state index in [-0.39, 0.29) is 0 Å². The monoisotopic (exact) mass is 240 g/mol. The van der Waals surface area contributed by atoms with Gasteiger partial charge >= 0.3 is 0 Å². The van der Waals surface area contributed by atoms with Gasteiger partial charge in [-0.05, 0) is 36.8 Å². The number of anilines is 1. The van der Waals surface area contributed by atoms with Crippen molar-refractivity contribution in [2.45, 2.75) is 20.0 Å². The molecule has 0 aliphatic rings. The van der Waals surface area contributed by atoms with E-state index < -0.39 is 0 Å². The number of aryl methyl sites for hydroxylation is 3. The van der Waals surface area contributed by atoms with Crippen LogP contribution in [0.2, 0.25) is 0 Å². The first kappa shape index (κ1) is 10.9. The van der Waals surface area contributed by atoms with Gasteiger partial charge in [-0.15, -0.1) is 0 Å². The number of rotatable bonds is 3. The van der Waals surface area contributed by atoms with E-state index in [9.17, 15) is 0 Å². The number of fused-ring (bicyclic) bond motifs is 1. The Morgan fingerprint density at radius 2 is 2.11 bits per heavy atom. The Balaban J connectivity index is 1.82. The lowest BCUT2D eigenvalue weighted by molar-refractivity contribution is 0.542. The van der Waals surface area contributed by atoms with E-state index in [0.29, 0.717) is 0 Å². The van der Waals surface area contributed by atoms with E-state index >= 15 is 0 Å². The Morgan fingerprint density at radius 3 is 2.89 bits per heavy atom. The van der Waals surface area contributed by atoms with Gasteiger partial charge in [-0.1, -0.05) is 0 Å². The maximum absolute atomic E-state index is 5.78. The maximum Gasteiger partial charge on any atom is 0.0588 e. The minimum Gasteiger partial charge on any atom is -0.399 e. The van der Waals surface area contributed by atoms with Crippen LogP contribution in [-0.4, -0.2) is 14.3 Å². The highest BCUT2D eigenvalue weighted by Crippen LogP contribution is 2.18. The lowest BCUT2D eigenvalue weighted by Gasteiger charge is -2.06. The molecule has 0 saturated heterocycles. The van der Waals surface area contributed by atoms with Gasteiger partial charge in [-0.25, -0.2) is 0 Å². The number of nitrogens with zero attached hydrogens (tertiary/aromatic N) is 3. The van der Waals surface area contributed by atoms with Gasteiger partial charge in [0.05, 0.1) is 12.7 Å². The molecule has 0 bridgehead atoms. The first-order valence-corrected chi connectivity index (χ1v) is 6.06. The molecule has 3 aromatic rings.